The summed E-state index contributed by atoms with van der Waals surface area (Å²) in [7, 11) is 0. The van der Waals surface area contributed by atoms with E-state index in [1.54, 1.807) is 10.6 Å². The molecule has 4 rings (SSSR count). The summed E-state index contributed by atoms with van der Waals surface area (Å²) in [5.41, 5.74) is 1.38. The maximum absolute atomic E-state index is 13.5. The monoisotopic (exact) mass is 437 g/mol. The van der Waals surface area contributed by atoms with E-state index in [1.807, 2.05) is 53.4 Å². The number of thioether (sulfide) groups is 1. The van der Waals surface area contributed by atoms with Gasteiger partial charge in [0.2, 0.25) is 5.91 Å². The summed E-state index contributed by atoms with van der Waals surface area (Å²) in [6.45, 7) is 1.88. The van der Waals surface area contributed by atoms with E-state index in [2.05, 4.69) is 0 Å². The highest BCUT2D eigenvalue weighted by atomic mass is 32.2. The molecule has 2 heterocycles. The first-order chi connectivity index (χ1) is 15.2. The first-order valence-corrected chi connectivity index (χ1v) is 11.7. The minimum absolute atomic E-state index is 0.0157. The molecule has 1 aliphatic heterocycles. The molecule has 1 N–H and O–H groups in total. The van der Waals surface area contributed by atoms with Crippen LogP contribution in [-0.2, 0) is 11.3 Å². The van der Waals surface area contributed by atoms with E-state index in [0.717, 1.165) is 37.9 Å². The van der Waals surface area contributed by atoms with Crippen molar-refractivity contribution in [2.24, 2.45) is 0 Å². The van der Waals surface area contributed by atoms with E-state index >= 15 is 0 Å². The van der Waals surface area contributed by atoms with E-state index in [4.69, 9.17) is 4.98 Å². The standard InChI is InChI=1S/C24H27N3O3S/c28-17-9-16-27-22(29)19-12-5-6-13-20(19)25-24(27)31-21(18-10-3-1-4-11-18)23(30)26-14-7-2-8-15-26/h1,3-6,10-13,21,28H,2,7-9,14-17H2. The van der Waals surface area contributed by atoms with E-state index in [9.17, 15) is 14.7 Å². The summed E-state index contributed by atoms with van der Waals surface area (Å²) in [5.74, 6) is 0.0621. The molecule has 3 aromatic rings. The number of hydrogen-bond donors (Lipinski definition) is 1. The number of piperidine rings is 1. The molecule has 0 bridgehead atoms. The van der Waals surface area contributed by atoms with Crippen LogP contribution in [-0.4, -0.2) is 45.2 Å². The highest BCUT2D eigenvalue weighted by Gasteiger charge is 2.29. The molecule has 1 aromatic heterocycles. The van der Waals surface area contributed by atoms with Crippen LogP contribution < -0.4 is 5.56 Å². The third kappa shape index (κ3) is 4.83. The molecule has 1 aliphatic rings. The molecule has 0 radical (unpaired) electrons. The van der Waals surface area contributed by atoms with Crippen molar-refractivity contribution in [1.29, 1.82) is 0 Å². The quantitative estimate of drug-likeness (QED) is 0.451. The lowest BCUT2D eigenvalue weighted by atomic mass is 10.1. The second kappa shape index (κ2) is 10.1. The number of rotatable bonds is 7. The molecule has 7 heteroatoms. The van der Waals surface area contributed by atoms with Gasteiger partial charge in [-0.25, -0.2) is 4.98 Å². The molecular weight excluding hydrogens is 410 g/mol. The zero-order valence-electron chi connectivity index (χ0n) is 17.4. The molecule has 1 amide bonds. The second-order valence-electron chi connectivity index (χ2n) is 7.74. The van der Waals surface area contributed by atoms with Gasteiger partial charge < -0.3 is 10.0 Å². The minimum Gasteiger partial charge on any atom is -0.396 e. The number of likely N-dealkylation sites (tertiary alicyclic amines) is 1. The Morgan fingerprint density at radius 3 is 2.48 bits per heavy atom. The van der Waals surface area contributed by atoms with Gasteiger partial charge in [-0.15, -0.1) is 0 Å². The first-order valence-electron chi connectivity index (χ1n) is 10.8. The van der Waals surface area contributed by atoms with Crippen molar-refractivity contribution < 1.29 is 9.90 Å². The SMILES string of the molecule is O=C(C(Sc1nc2ccccc2c(=O)n1CCCO)c1ccccc1)N1CCCCC1. The van der Waals surface area contributed by atoms with Gasteiger partial charge in [0.05, 0.1) is 10.9 Å². The van der Waals surface area contributed by atoms with Crippen LogP contribution in [0.25, 0.3) is 10.9 Å². The van der Waals surface area contributed by atoms with Crippen molar-refractivity contribution >= 4 is 28.6 Å². The molecule has 0 spiro atoms. The Hall–Kier alpha value is -2.64. The molecule has 0 aliphatic carbocycles. The van der Waals surface area contributed by atoms with Gasteiger partial charge in [-0.05, 0) is 43.4 Å². The summed E-state index contributed by atoms with van der Waals surface area (Å²) in [5, 5.41) is 9.91. The highest BCUT2D eigenvalue weighted by molar-refractivity contribution is 8.00. The van der Waals surface area contributed by atoms with Crippen LogP contribution in [0.4, 0.5) is 0 Å². The van der Waals surface area contributed by atoms with Crippen LogP contribution in [0.5, 0.6) is 0 Å². The van der Waals surface area contributed by atoms with E-state index in [1.165, 1.54) is 11.8 Å². The van der Waals surface area contributed by atoms with E-state index in [0.29, 0.717) is 29.0 Å². The number of nitrogens with zero attached hydrogens (tertiary/aromatic N) is 3. The summed E-state index contributed by atoms with van der Waals surface area (Å²) in [4.78, 5) is 33.4. The third-order valence-electron chi connectivity index (χ3n) is 5.58. The Balaban J connectivity index is 1.76. The highest BCUT2D eigenvalue weighted by Crippen LogP contribution is 2.36. The Labute approximate surface area is 185 Å². The van der Waals surface area contributed by atoms with Crippen LogP contribution in [0.15, 0.2) is 64.5 Å². The number of aromatic nitrogens is 2. The summed E-state index contributed by atoms with van der Waals surface area (Å²) in [6, 6.07) is 17.0. The van der Waals surface area contributed by atoms with Gasteiger partial charge in [0.25, 0.3) is 5.56 Å². The van der Waals surface area contributed by atoms with Crippen molar-refractivity contribution in [3.8, 4) is 0 Å². The topological polar surface area (TPSA) is 75.4 Å². The fraction of sp³-hybridized carbons (Fsp3) is 0.375. The number of carbonyl (C=O) groups is 1. The Morgan fingerprint density at radius 2 is 1.74 bits per heavy atom. The van der Waals surface area contributed by atoms with Crippen molar-refractivity contribution in [3.05, 3.63) is 70.5 Å². The average molecular weight is 438 g/mol. The predicted molar refractivity (Wildman–Crippen MR) is 123 cm³/mol. The average Bonchev–Trinajstić information content (AvgIpc) is 2.83. The fourth-order valence-corrected chi connectivity index (χ4v) is 5.14. The van der Waals surface area contributed by atoms with Gasteiger partial charge in [0.15, 0.2) is 5.16 Å². The van der Waals surface area contributed by atoms with Gasteiger partial charge in [0, 0.05) is 26.2 Å². The molecule has 6 nitrogen and oxygen atoms in total. The van der Waals surface area contributed by atoms with Crippen molar-refractivity contribution in [2.45, 2.75) is 42.6 Å². The van der Waals surface area contributed by atoms with Gasteiger partial charge in [-0.1, -0.05) is 54.2 Å². The van der Waals surface area contributed by atoms with Crippen LogP contribution in [0.2, 0.25) is 0 Å². The van der Waals surface area contributed by atoms with E-state index < -0.39 is 5.25 Å². The Kier molecular flexibility index (Phi) is 7.04. The van der Waals surface area contributed by atoms with Crippen LogP contribution in [0, 0.1) is 0 Å². The lowest BCUT2D eigenvalue weighted by molar-refractivity contribution is -0.131. The molecular formula is C24H27N3O3S. The molecule has 31 heavy (non-hydrogen) atoms. The number of hydrogen-bond acceptors (Lipinski definition) is 5. The molecule has 1 fully saturated rings. The first kappa shape index (κ1) is 21.6. The van der Waals surface area contributed by atoms with Crippen molar-refractivity contribution in [3.63, 3.8) is 0 Å². The lowest BCUT2D eigenvalue weighted by Gasteiger charge is -2.30. The predicted octanol–water partition coefficient (Wildman–Crippen LogP) is 3.62. The van der Waals surface area contributed by atoms with Gasteiger partial charge >= 0.3 is 0 Å². The number of aliphatic hydroxyl groups excluding tert-OH is 1. The molecule has 1 saturated heterocycles. The van der Waals surface area contributed by atoms with Crippen LogP contribution in [0.1, 0.15) is 36.5 Å². The van der Waals surface area contributed by atoms with Gasteiger partial charge in [-0.3, -0.25) is 14.2 Å². The molecule has 1 unspecified atom stereocenters. The molecule has 1 atom stereocenters. The molecule has 2 aromatic carbocycles. The normalized spacial score (nSPS) is 15.2. The number of benzene rings is 2. The summed E-state index contributed by atoms with van der Waals surface area (Å²) >= 11 is 1.33. The number of carbonyl (C=O) groups excluding carboxylic acids is 1. The van der Waals surface area contributed by atoms with E-state index in [-0.39, 0.29) is 18.1 Å². The third-order valence-corrected chi connectivity index (χ3v) is 6.82. The fourth-order valence-electron chi connectivity index (χ4n) is 3.94. The lowest BCUT2D eigenvalue weighted by Crippen LogP contribution is -2.38. The number of amides is 1. The van der Waals surface area contributed by atoms with Crippen molar-refractivity contribution in [1.82, 2.24) is 14.5 Å². The van der Waals surface area contributed by atoms with Crippen molar-refractivity contribution in [2.75, 3.05) is 19.7 Å². The zero-order valence-corrected chi connectivity index (χ0v) is 18.3. The molecule has 0 saturated carbocycles. The number of para-hydroxylation sites is 1. The summed E-state index contributed by atoms with van der Waals surface area (Å²) < 4.78 is 1.60. The van der Waals surface area contributed by atoms with Gasteiger partial charge in [-0.2, -0.15) is 0 Å². The number of aliphatic hydroxyl groups is 1. The maximum atomic E-state index is 13.5. The Bertz CT molecular complexity index is 1090. The van der Waals surface area contributed by atoms with Gasteiger partial charge in [0.1, 0.15) is 5.25 Å². The van der Waals surface area contributed by atoms with Crippen LogP contribution >= 0.6 is 11.8 Å². The second-order valence-corrected chi connectivity index (χ2v) is 8.81. The smallest absolute Gasteiger partial charge is 0.262 e. The minimum atomic E-state index is -0.479. The maximum Gasteiger partial charge on any atom is 0.262 e. The zero-order chi connectivity index (χ0) is 21.6. The molecule has 162 valence electrons. The Morgan fingerprint density at radius 1 is 1.03 bits per heavy atom. The number of fused-ring (bicyclic) bond motifs is 1. The largest absolute Gasteiger partial charge is 0.396 e. The summed E-state index contributed by atoms with van der Waals surface area (Å²) in [6.07, 6.45) is 3.64. The van der Waals surface area contributed by atoms with Crippen LogP contribution in [0.3, 0.4) is 0 Å².